The van der Waals surface area contributed by atoms with Gasteiger partial charge in [0.05, 0.1) is 0 Å². The first-order valence-electron chi connectivity index (χ1n) is 6.25. The van der Waals surface area contributed by atoms with Gasteiger partial charge in [0.1, 0.15) is 5.75 Å². The summed E-state index contributed by atoms with van der Waals surface area (Å²) in [5.74, 6) is 1.43. The van der Waals surface area contributed by atoms with Gasteiger partial charge in [-0.05, 0) is 43.4 Å². The minimum atomic E-state index is 0.657. The average molecular weight is 240 g/mol. The van der Waals surface area contributed by atoms with Crippen LogP contribution in [0.15, 0.2) is 30.3 Å². The topological polar surface area (TPSA) is 48.1 Å². The Hall–Kier alpha value is -2.03. The molecule has 92 valence electrons. The molecule has 1 heterocycles. The van der Waals surface area contributed by atoms with Crippen molar-refractivity contribution in [3.05, 3.63) is 47.2 Å². The minimum absolute atomic E-state index is 0.657. The summed E-state index contributed by atoms with van der Waals surface area (Å²) < 4.78 is 5.82. The van der Waals surface area contributed by atoms with E-state index >= 15 is 0 Å². The highest BCUT2D eigenvalue weighted by Gasteiger charge is 2.13. The summed E-state index contributed by atoms with van der Waals surface area (Å²) in [4.78, 5) is 4.56. The standard InChI is InChI=1S/C15H16N2O/c1-10-5-7-12(16)9-14(10)18-15-8-6-11-3-2-4-13(11)17-15/h5-9H,2-4,16H2,1H3. The Morgan fingerprint density at radius 2 is 2.06 bits per heavy atom. The van der Waals surface area contributed by atoms with Gasteiger partial charge in [-0.2, -0.15) is 0 Å². The number of hydrogen-bond acceptors (Lipinski definition) is 3. The van der Waals surface area contributed by atoms with Gasteiger partial charge in [0.2, 0.25) is 5.88 Å². The Morgan fingerprint density at radius 1 is 1.17 bits per heavy atom. The molecule has 0 saturated carbocycles. The van der Waals surface area contributed by atoms with Crippen molar-refractivity contribution in [3.63, 3.8) is 0 Å². The highest BCUT2D eigenvalue weighted by Crippen LogP contribution is 2.28. The van der Waals surface area contributed by atoms with E-state index in [9.17, 15) is 0 Å². The van der Waals surface area contributed by atoms with Gasteiger partial charge >= 0.3 is 0 Å². The molecule has 0 bridgehead atoms. The van der Waals surface area contributed by atoms with Crippen molar-refractivity contribution in [2.45, 2.75) is 26.2 Å². The van der Waals surface area contributed by atoms with Crippen LogP contribution < -0.4 is 10.5 Å². The van der Waals surface area contributed by atoms with Gasteiger partial charge in [-0.1, -0.05) is 12.1 Å². The van der Waals surface area contributed by atoms with Gasteiger partial charge in [-0.25, -0.2) is 4.98 Å². The molecule has 0 fully saturated rings. The Kier molecular flexibility index (Phi) is 2.67. The van der Waals surface area contributed by atoms with Crippen LogP contribution in [0.5, 0.6) is 11.6 Å². The highest BCUT2D eigenvalue weighted by molar-refractivity contribution is 5.49. The van der Waals surface area contributed by atoms with Crippen LogP contribution in [0.2, 0.25) is 0 Å². The molecule has 0 atom stereocenters. The summed E-state index contributed by atoms with van der Waals surface area (Å²) in [5, 5.41) is 0. The van der Waals surface area contributed by atoms with E-state index in [4.69, 9.17) is 10.5 Å². The van der Waals surface area contributed by atoms with Crippen LogP contribution in [0.4, 0.5) is 5.69 Å². The van der Waals surface area contributed by atoms with Gasteiger partial charge in [0.25, 0.3) is 0 Å². The van der Waals surface area contributed by atoms with Gasteiger partial charge in [0.15, 0.2) is 0 Å². The second-order valence-corrected chi connectivity index (χ2v) is 4.74. The van der Waals surface area contributed by atoms with E-state index in [0.29, 0.717) is 11.6 Å². The molecule has 0 saturated heterocycles. The van der Waals surface area contributed by atoms with E-state index in [2.05, 4.69) is 11.1 Å². The summed E-state index contributed by atoms with van der Waals surface area (Å²) in [5.41, 5.74) is 10.1. The summed E-state index contributed by atoms with van der Waals surface area (Å²) in [7, 11) is 0. The molecule has 0 amide bonds. The zero-order chi connectivity index (χ0) is 12.5. The molecule has 2 aromatic rings. The number of nitrogen functional groups attached to an aromatic ring is 1. The SMILES string of the molecule is Cc1ccc(N)cc1Oc1ccc2c(n1)CCC2. The Balaban J connectivity index is 1.90. The van der Waals surface area contributed by atoms with E-state index < -0.39 is 0 Å². The normalized spacial score (nSPS) is 13.4. The number of nitrogens with zero attached hydrogens (tertiary/aromatic N) is 1. The maximum atomic E-state index is 5.82. The highest BCUT2D eigenvalue weighted by atomic mass is 16.5. The molecular weight excluding hydrogens is 224 g/mol. The fourth-order valence-corrected chi connectivity index (χ4v) is 2.30. The zero-order valence-corrected chi connectivity index (χ0v) is 10.4. The number of aryl methyl sites for hydroxylation is 3. The molecule has 1 aliphatic carbocycles. The number of ether oxygens (including phenoxy) is 1. The average Bonchev–Trinajstić information content (AvgIpc) is 2.81. The summed E-state index contributed by atoms with van der Waals surface area (Å²) in [6.45, 7) is 2.00. The maximum absolute atomic E-state index is 5.82. The number of pyridine rings is 1. The van der Waals surface area contributed by atoms with Crippen LogP contribution in [0, 0.1) is 6.92 Å². The van der Waals surface area contributed by atoms with Gasteiger partial charge in [-0.15, -0.1) is 0 Å². The lowest BCUT2D eigenvalue weighted by Gasteiger charge is -2.09. The molecule has 3 nitrogen and oxygen atoms in total. The molecule has 3 rings (SSSR count). The number of aromatic nitrogens is 1. The third-order valence-corrected chi connectivity index (χ3v) is 3.33. The molecule has 0 spiro atoms. The van der Waals surface area contributed by atoms with Crippen LogP contribution >= 0.6 is 0 Å². The number of nitrogens with two attached hydrogens (primary N) is 1. The Morgan fingerprint density at radius 3 is 2.94 bits per heavy atom. The van der Waals surface area contributed by atoms with E-state index in [1.165, 1.54) is 17.7 Å². The Labute approximate surface area is 107 Å². The molecule has 2 N–H and O–H groups in total. The quantitative estimate of drug-likeness (QED) is 0.820. The zero-order valence-electron chi connectivity index (χ0n) is 10.4. The van der Waals surface area contributed by atoms with Crippen molar-refractivity contribution >= 4 is 5.69 Å². The van der Waals surface area contributed by atoms with E-state index in [-0.39, 0.29) is 0 Å². The molecule has 0 aliphatic heterocycles. The summed E-state index contributed by atoms with van der Waals surface area (Å²) >= 11 is 0. The molecule has 1 aliphatic rings. The van der Waals surface area contributed by atoms with Crippen LogP contribution in [-0.2, 0) is 12.8 Å². The molecule has 1 aromatic heterocycles. The largest absolute Gasteiger partial charge is 0.439 e. The first-order chi connectivity index (χ1) is 8.72. The lowest BCUT2D eigenvalue weighted by atomic mass is 10.2. The second-order valence-electron chi connectivity index (χ2n) is 4.74. The third-order valence-electron chi connectivity index (χ3n) is 3.33. The van der Waals surface area contributed by atoms with Crippen molar-refractivity contribution in [1.29, 1.82) is 0 Å². The van der Waals surface area contributed by atoms with Crippen LogP contribution in [0.1, 0.15) is 23.2 Å². The van der Waals surface area contributed by atoms with E-state index in [1.54, 1.807) is 0 Å². The minimum Gasteiger partial charge on any atom is -0.439 e. The van der Waals surface area contributed by atoms with E-state index in [1.807, 2.05) is 31.2 Å². The maximum Gasteiger partial charge on any atom is 0.219 e. The molecule has 0 unspecified atom stereocenters. The first kappa shape index (κ1) is 11.1. The van der Waals surface area contributed by atoms with Crippen molar-refractivity contribution in [3.8, 4) is 11.6 Å². The smallest absolute Gasteiger partial charge is 0.219 e. The lowest BCUT2D eigenvalue weighted by Crippen LogP contribution is -1.95. The Bertz CT molecular complexity index is 593. The number of hydrogen-bond donors (Lipinski definition) is 1. The van der Waals surface area contributed by atoms with E-state index in [0.717, 1.165) is 24.2 Å². The van der Waals surface area contributed by atoms with Crippen molar-refractivity contribution < 1.29 is 4.74 Å². The number of benzene rings is 1. The molecule has 0 radical (unpaired) electrons. The number of rotatable bonds is 2. The van der Waals surface area contributed by atoms with Crippen LogP contribution in [-0.4, -0.2) is 4.98 Å². The summed E-state index contributed by atoms with van der Waals surface area (Å²) in [6.07, 6.45) is 3.39. The van der Waals surface area contributed by atoms with Gasteiger partial charge in [0, 0.05) is 23.5 Å². The van der Waals surface area contributed by atoms with Gasteiger partial charge < -0.3 is 10.5 Å². The fraction of sp³-hybridized carbons (Fsp3) is 0.267. The predicted octanol–water partition coefficient (Wildman–Crippen LogP) is 3.25. The third kappa shape index (κ3) is 2.04. The van der Waals surface area contributed by atoms with Gasteiger partial charge in [-0.3, -0.25) is 0 Å². The monoisotopic (exact) mass is 240 g/mol. The molecule has 18 heavy (non-hydrogen) atoms. The van der Waals surface area contributed by atoms with Crippen LogP contribution in [0.3, 0.4) is 0 Å². The lowest BCUT2D eigenvalue weighted by molar-refractivity contribution is 0.458. The fourth-order valence-electron chi connectivity index (χ4n) is 2.30. The van der Waals surface area contributed by atoms with Crippen molar-refractivity contribution in [1.82, 2.24) is 4.98 Å². The summed E-state index contributed by atoms with van der Waals surface area (Å²) in [6, 6.07) is 9.72. The molecular formula is C15H16N2O. The molecule has 3 heteroatoms. The van der Waals surface area contributed by atoms with Crippen molar-refractivity contribution in [2.24, 2.45) is 0 Å². The number of fused-ring (bicyclic) bond motifs is 1. The van der Waals surface area contributed by atoms with Crippen LogP contribution in [0.25, 0.3) is 0 Å². The first-order valence-corrected chi connectivity index (χ1v) is 6.25. The van der Waals surface area contributed by atoms with Crippen molar-refractivity contribution in [2.75, 3.05) is 5.73 Å². The predicted molar refractivity (Wildman–Crippen MR) is 71.9 cm³/mol. The second kappa shape index (κ2) is 4.33. The molecule has 1 aromatic carbocycles. The number of anilines is 1.